The van der Waals surface area contributed by atoms with Crippen LogP contribution in [0.5, 0.6) is 0 Å². The van der Waals surface area contributed by atoms with Gasteiger partial charge in [-0.2, -0.15) is 0 Å². The molecular weight excluding hydrogens is 432 g/mol. The van der Waals surface area contributed by atoms with Crippen LogP contribution < -0.4 is 0 Å². The predicted molar refractivity (Wildman–Crippen MR) is 118 cm³/mol. The first-order valence-electron chi connectivity index (χ1n) is 9.06. The zero-order chi connectivity index (χ0) is 20.6. The minimum absolute atomic E-state index is 0.0740. The van der Waals surface area contributed by atoms with E-state index in [4.69, 9.17) is 9.47 Å². The lowest BCUT2D eigenvalue weighted by Gasteiger charge is -2.15. The van der Waals surface area contributed by atoms with Gasteiger partial charge in [-0.3, -0.25) is 0 Å². The van der Waals surface area contributed by atoms with Crippen LogP contribution in [0.15, 0.2) is 85.1 Å². The van der Waals surface area contributed by atoms with Gasteiger partial charge in [-0.05, 0) is 22.5 Å². The Morgan fingerprint density at radius 1 is 0.897 bits per heavy atom. The lowest BCUT2D eigenvalue weighted by molar-refractivity contribution is 0.0438. The minimum atomic E-state index is -0.776. The summed E-state index contributed by atoms with van der Waals surface area (Å²) in [5, 5.41) is 9.44. The summed E-state index contributed by atoms with van der Waals surface area (Å²) >= 11 is 2.94. The molecule has 1 aliphatic carbocycles. The van der Waals surface area contributed by atoms with E-state index in [2.05, 4.69) is 15.9 Å². The maximum atomic E-state index is 12.3. The van der Waals surface area contributed by atoms with Crippen molar-refractivity contribution >= 4 is 27.7 Å². The topological polar surface area (TPSA) is 55.8 Å². The minimum Gasteiger partial charge on any atom is -0.515 e. The van der Waals surface area contributed by atoms with Gasteiger partial charge in [-0.15, -0.1) is 0 Å². The van der Waals surface area contributed by atoms with E-state index in [0.717, 1.165) is 34.1 Å². The third kappa shape index (κ3) is 4.51. The molecule has 0 amide bonds. The van der Waals surface area contributed by atoms with Crippen LogP contribution in [-0.2, 0) is 9.47 Å². The average Bonchev–Trinajstić information content (AvgIpc) is 3.10. The lowest BCUT2D eigenvalue weighted by atomic mass is 10.1. The first-order valence-corrected chi connectivity index (χ1v) is 10.6. The third-order valence-corrected chi connectivity index (χ3v) is 4.64. The van der Waals surface area contributed by atoms with Gasteiger partial charge < -0.3 is 14.6 Å². The smallest absolute Gasteiger partial charge is 0.509 e. The number of aliphatic hydroxyl groups is 1. The molecule has 0 aromatic heterocycles. The Morgan fingerprint density at radius 3 is 1.97 bits per heavy atom. The van der Waals surface area contributed by atoms with E-state index >= 15 is 0 Å². The molecule has 0 radical (unpaired) electrons. The molecular formula is C24H21BrO4. The number of ether oxygens (including phenoxy) is 2. The van der Waals surface area contributed by atoms with Crippen LogP contribution in [0.4, 0.5) is 4.79 Å². The second kappa shape index (κ2) is 9.94. The molecule has 0 fully saturated rings. The molecule has 1 aliphatic rings. The fourth-order valence-corrected chi connectivity index (χ4v) is 3.35. The first kappa shape index (κ1) is 20.7. The highest BCUT2D eigenvalue weighted by Crippen LogP contribution is 2.45. The van der Waals surface area contributed by atoms with E-state index in [0.29, 0.717) is 5.57 Å². The van der Waals surface area contributed by atoms with Gasteiger partial charge >= 0.3 is 6.16 Å². The number of aliphatic hydroxyl groups excluding tert-OH is 1. The number of alkyl halides is 1. The van der Waals surface area contributed by atoms with E-state index in [-0.39, 0.29) is 6.61 Å². The van der Waals surface area contributed by atoms with Gasteiger partial charge in [0.1, 0.15) is 6.61 Å². The Bertz CT molecular complexity index is 953. The van der Waals surface area contributed by atoms with Crippen LogP contribution in [0.1, 0.15) is 22.8 Å². The quantitative estimate of drug-likeness (QED) is 0.278. The van der Waals surface area contributed by atoms with Gasteiger partial charge in [-0.25, -0.2) is 4.79 Å². The number of benzene rings is 3. The SMILES string of the molecule is CBr.O=C(OCC(=CO)c1ccccc1)OC1c2ccccc2-c2ccccc21. The van der Waals surface area contributed by atoms with E-state index < -0.39 is 12.3 Å². The molecule has 0 bridgehead atoms. The summed E-state index contributed by atoms with van der Waals surface area (Å²) in [5.41, 5.74) is 5.29. The summed E-state index contributed by atoms with van der Waals surface area (Å²) in [7, 11) is 0. The van der Waals surface area contributed by atoms with Crippen molar-refractivity contribution in [3.63, 3.8) is 0 Å². The van der Waals surface area contributed by atoms with E-state index in [1.54, 1.807) is 0 Å². The third-order valence-electron chi connectivity index (χ3n) is 4.64. The fraction of sp³-hybridized carbons (Fsp3) is 0.125. The molecule has 0 unspecified atom stereocenters. The number of halogens is 1. The van der Waals surface area contributed by atoms with Gasteiger partial charge in [0.25, 0.3) is 0 Å². The summed E-state index contributed by atoms with van der Waals surface area (Å²) in [6.07, 6.45) is -0.326. The largest absolute Gasteiger partial charge is 0.515 e. The fourth-order valence-electron chi connectivity index (χ4n) is 3.35. The number of carbonyl (C=O) groups is 1. The number of hydrogen-bond donors (Lipinski definition) is 1. The van der Waals surface area contributed by atoms with Gasteiger partial charge in [0, 0.05) is 16.7 Å². The second-order valence-electron chi connectivity index (χ2n) is 6.23. The maximum absolute atomic E-state index is 12.3. The van der Waals surface area contributed by atoms with Crippen LogP contribution in [-0.4, -0.2) is 23.7 Å². The van der Waals surface area contributed by atoms with Crippen LogP contribution in [0.2, 0.25) is 0 Å². The lowest BCUT2D eigenvalue weighted by Crippen LogP contribution is -2.13. The molecule has 3 aromatic rings. The van der Waals surface area contributed by atoms with Crippen LogP contribution in [0.25, 0.3) is 16.7 Å². The van der Waals surface area contributed by atoms with E-state index in [1.165, 1.54) is 0 Å². The second-order valence-corrected chi connectivity index (χ2v) is 6.23. The average molecular weight is 453 g/mol. The monoisotopic (exact) mass is 452 g/mol. The van der Waals surface area contributed by atoms with Crippen molar-refractivity contribution in [3.05, 3.63) is 102 Å². The molecule has 4 rings (SSSR count). The van der Waals surface area contributed by atoms with Gasteiger partial charge in [0.05, 0.1) is 6.26 Å². The molecule has 0 spiro atoms. The van der Waals surface area contributed by atoms with Crippen molar-refractivity contribution in [1.29, 1.82) is 0 Å². The van der Waals surface area contributed by atoms with Crippen LogP contribution >= 0.6 is 15.9 Å². The Balaban J connectivity index is 0.00000117. The van der Waals surface area contributed by atoms with Crippen molar-refractivity contribution in [2.24, 2.45) is 0 Å². The van der Waals surface area contributed by atoms with Crippen molar-refractivity contribution in [3.8, 4) is 11.1 Å². The highest BCUT2D eigenvalue weighted by Gasteiger charge is 2.31. The number of hydrogen-bond acceptors (Lipinski definition) is 4. The number of fused-ring (bicyclic) bond motifs is 3. The molecule has 0 aliphatic heterocycles. The Kier molecular flexibility index (Phi) is 7.09. The summed E-state index contributed by atoms with van der Waals surface area (Å²) in [6, 6.07) is 25.0. The van der Waals surface area contributed by atoms with Crippen molar-refractivity contribution in [2.45, 2.75) is 6.10 Å². The zero-order valence-corrected chi connectivity index (χ0v) is 17.5. The molecule has 1 N–H and O–H groups in total. The molecule has 0 saturated heterocycles. The van der Waals surface area contributed by atoms with Gasteiger partial charge in [0.15, 0.2) is 6.10 Å². The Hall–Kier alpha value is -3.05. The molecule has 3 aromatic carbocycles. The van der Waals surface area contributed by atoms with E-state index in [1.807, 2.05) is 84.7 Å². The maximum Gasteiger partial charge on any atom is 0.509 e. The molecule has 0 atom stereocenters. The van der Waals surface area contributed by atoms with Crippen molar-refractivity contribution < 1.29 is 19.4 Å². The summed E-state index contributed by atoms with van der Waals surface area (Å²) in [6.45, 7) is -0.0740. The van der Waals surface area contributed by atoms with Crippen LogP contribution in [0, 0.1) is 0 Å². The first-order chi connectivity index (χ1) is 14.3. The highest BCUT2D eigenvalue weighted by atomic mass is 79.9. The summed E-state index contributed by atoms with van der Waals surface area (Å²) in [4.78, 5) is 12.3. The molecule has 0 saturated carbocycles. The Morgan fingerprint density at radius 2 is 1.41 bits per heavy atom. The van der Waals surface area contributed by atoms with Crippen LogP contribution in [0.3, 0.4) is 0 Å². The summed E-state index contributed by atoms with van der Waals surface area (Å²) in [5.74, 6) is 1.81. The molecule has 5 heteroatoms. The van der Waals surface area contributed by atoms with Gasteiger partial charge in [-0.1, -0.05) is 94.8 Å². The van der Waals surface area contributed by atoms with Crippen molar-refractivity contribution in [1.82, 2.24) is 0 Å². The normalized spacial score (nSPS) is 12.3. The summed E-state index contributed by atoms with van der Waals surface area (Å²) < 4.78 is 10.9. The highest BCUT2D eigenvalue weighted by molar-refractivity contribution is 9.08. The molecule has 4 nitrogen and oxygen atoms in total. The molecule has 29 heavy (non-hydrogen) atoms. The number of rotatable bonds is 4. The Labute approximate surface area is 178 Å². The van der Waals surface area contributed by atoms with Crippen molar-refractivity contribution in [2.75, 3.05) is 12.4 Å². The van der Waals surface area contributed by atoms with Gasteiger partial charge in [0.2, 0.25) is 0 Å². The predicted octanol–water partition coefficient (Wildman–Crippen LogP) is 6.52. The zero-order valence-electron chi connectivity index (χ0n) is 15.9. The van der Waals surface area contributed by atoms with E-state index in [9.17, 15) is 9.90 Å². The standard InChI is InChI=1S/C23H18O4.CH3Br/c24-14-17(16-8-2-1-3-9-16)15-26-23(25)27-22-20-12-6-4-10-18(20)19-11-5-7-13-21(19)22;1-2/h1-14,22,24H,15H2;1H3. The number of carbonyl (C=O) groups excluding carboxylic acids is 1. The molecule has 148 valence electrons. The molecule has 0 heterocycles.